The Bertz CT molecular complexity index is 640. The maximum atomic E-state index is 11.7. The summed E-state index contributed by atoms with van der Waals surface area (Å²) in [6.45, 7) is 8.37. The van der Waals surface area contributed by atoms with Crippen molar-refractivity contribution in [1.29, 1.82) is 0 Å². The molecule has 2 N–H and O–H groups in total. The van der Waals surface area contributed by atoms with Crippen LogP contribution in [-0.4, -0.2) is 46.6 Å². The zero-order valence-electron chi connectivity index (χ0n) is 15.5. The molecule has 0 spiro atoms. The first-order valence-electron chi connectivity index (χ1n) is 8.81. The van der Waals surface area contributed by atoms with Crippen LogP contribution < -0.4 is 0 Å². The highest BCUT2D eigenvalue weighted by atomic mass is 16.6. The molecule has 0 aromatic heterocycles. The summed E-state index contributed by atoms with van der Waals surface area (Å²) in [5.41, 5.74) is -3.03. The second-order valence-electron chi connectivity index (χ2n) is 8.77. The van der Waals surface area contributed by atoms with Crippen molar-refractivity contribution in [3.8, 4) is 0 Å². The van der Waals surface area contributed by atoms with Gasteiger partial charge in [-0.25, -0.2) is 0 Å². The van der Waals surface area contributed by atoms with Gasteiger partial charge < -0.3 is 19.7 Å². The van der Waals surface area contributed by atoms with Crippen molar-refractivity contribution >= 4 is 11.9 Å². The Balaban J connectivity index is 2.08. The first-order chi connectivity index (χ1) is 11.4. The summed E-state index contributed by atoms with van der Waals surface area (Å²) >= 11 is 0. The van der Waals surface area contributed by atoms with E-state index in [1.54, 1.807) is 6.08 Å². The molecule has 1 unspecified atom stereocenters. The van der Waals surface area contributed by atoms with Crippen molar-refractivity contribution in [3.05, 3.63) is 12.2 Å². The van der Waals surface area contributed by atoms with Gasteiger partial charge in [-0.05, 0) is 24.3 Å². The molecule has 0 saturated heterocycles. The molecule has 3 aliphatic carbocycles. The van der Waals surface area contributed by atoms with Crippen molar-refractivity contribution in [2.75, 3.05) is 6.61 Å². The van der Waals surface area contributed by atoms with Gasteiger partial charge in [-0.15, -0.1) is 0 Å². The van der Waals surface area contributed by atoms with Crippen LogP contribution in [0, 0.1) is 22.2 Å². The lowest BCUT2D eigenvalue weighted by atomic mass is 9.35. The largest absolute Gasteiger partial charge is 0.459 e. The Hall–Kier alpha value is -1.40. The maximum Gasteiger partial charge on any atom is 0.303 e. The van der Waals surface area contributed by atoms with Crippen molar-refractivity contribution in [1.82, 2.24) is 0 Å². The number of aliphatic hydroxyl groups is 2. The van der Waals surface area contributed by atoms with Crippen LogP contribution in [0.2, 0.25) is 0 Å². The van der Waals surface area contributed by atoms with Gasteiger partial charge in [-0.1, -0.05) is 26.8 Å². The van der Waals surface area contributed by atoms with Crippen molar-refractivity contribution in [2.24, 2.45) is 22.2 Å². The highest BCUT2D eigenvalue weighted by molar-refractivity contribution is 5.67. The molecule has 6 heteroatoms. The van der Waals surface area contributed by atoms with Crippen molar-refractivity contribution in [2.45, 2.75) is 65.3 Å². The van der Waals surface area contributed by atoms with E-state index in [4.69, 9.17) is 9.47 Å². The zero-order chi connectivity index (χ0) is 18.8. The van der Waals surface area contributed by atoms with E-state index in [1.807, 2.05) is 26.8 Å². The number of fused-ring (bicyclic) bond motifs is 3. The molecule has 2 saturated carbocycles. The molecule has 0 bridgehead atoms. The molecule has 0 radical (unpaired) electrons. The number of aliphatic hydroxyl groups excluding tert-OH is 1. The van der Waals surface area contributed by atoms with Gasteiger partial charge in [0.1, 0.15) is 17.8 Å². The maximum absolute atomic E-state index is 11.7. The fraction of sp³-hybridized carbons (Fsp3) is 0.789. The monoisotopic (exact) mass is 352 g/mol. The van der Waals surface area contributed by atoms with E-state index >= 15 is 0 Å². The zero-order valence-corrected chi connectivity index (χ0v) is 15.5. The number of ether oxygens (including phenoxy) is 2. The summed E-state index contributed by atoms with van der Waals surface area (Å²) in [4.78, 5) is 23.2. The van der Waals surface area contributed by atoms with E-state index in [9.17, 15) is 19.8 Å². The normalized spacial score (nSPS) is 46.6. The molecule has 140 valence electrons. The lowest BCUT2D eigenvalue weighted by Crippen LogP contribution is -2.78. The Labute approximate surface area is 148 Å². The molecule has 0 aromatic rings. The van der Waals surface area contributed by atoms with Gasteiger partial charge >= 0.3 is 11.9 Å². The Morgan fingerprint density at radius 2 is 1.72 bits per heavy atom. The second kappa shape index (κ2) is 5.30. The molecular formula is C19H28O6. The Morgan fingerprint density at radius 1 is 1.12 bits per heavy atom. The average Bonchev–Trinajstić information content (AvgIpc) is 2.76. The molecule has 0 aromatic carbocycles. The molecule has 0 amide bonds. The van der Waals surface area contributed by atoms with E-state index < -0.39 is 46.0 Å². The predicted molar refractivity (Wildman–Crippen MR) is 89.3 cm³/mol. The first kappa shape index (κ1) is 18.4. The van der Waals surface area contributed by atoms with Gasteiger partial charge in [0.15, 0.2) is 0 Å². The van der Waals surface area contributed by atoms with Crippen molar-refractivity contribution < 1.29 is 29.3 Å². The topological polar surface area (TPSA) is 93.1 Å². The third-order valence-electron chi connectivity index (χ3n) is 7.17. The number of esters is 2. The molecule has 0 heterocycles. The first-order valence-corrected chi connectivity index (χ1v) is 8.81. The summed E-state index contributed by atoms with van der Waals surface area (Å²) in [5, 5.41) is 21.9. The summed E-state index contributed by atoms with van der Waals surface area (Å²) < 4.78 is 11.0. The number of carbonyl (C=O) groups excluding carboxylic acids is 2. The third-order valence-corrected chi connectivity index (χ3v) is 7.17. The highest BCUT2D eigenvalue weighted by Gasteiger charge is 2.78. The minimum Gasteiger partial charge on any atom is -0.459 e. The molecule has 3 rings (SSSR count). The second-order valence-corrected chi connectivity index (χ2v) is 8.77. The summed E-state index contributed by atoms with van der Waals surface area (Å²) in [5.74, 6) is -1.13. The van der Waals surface area contributed by atoms with Crippen LogP contribution >= 0.6 is 0 Å². The minimum atomic E-state index is -1.23. The molecule has 6 atom stereocenters. The fourth-order valence-corrected chi connectivity index (χ4v) is 5.72. The fourth-order valence-electron chi connectivity index (χ4n) is 5.72. The Morgan fingerprint density at radius 3 is 2.20 bits per heavy atom. The number of hydrogen-bond acceptors (Lipinski definition) is 6. The Kier molecular flexibility index (Phi) is 3.90. The van der Waals surface area contributed by atoms with E-state index in [2.05, 4.69) is 0 Å². The summed E-state index contributed by atoms with van der Waals surface area (Å²) in [6.07, 6.45) is 3.47. The van der Waals surface area contributed by atoms with Gasteiger partial charge in [-0.2, -0.15) is 0 Å². The van der Waals surface area contributed by atoms with Crippen LogP contribution in [-0.2, 0) is 19.1 Å². The quantitative estimate of drug-likeness (QED) is 0.592. The van der Waals surface area contributed by atoms with Gasteiger partial charge in [-0.3, -0.25) is 9.59 Å². The number of carbonyl (C=O) groups is 2. The van der Waals surface area contributed by atoms with Crippen molar-refractivity contribution in [3.63, 3.8) is 0 Å². The summed E-state index contributed by atoms with van der Waals surface area (Å²) in [6, 6.07) is 0. The van der Waals surface area contributed by atoms with Gasteiger partial charge in [0.25, 0.3) is 0 Å². The smallest absolute Gasteiger partial charge is 0.303 e. The third kappa shape index (κ3) is 2.10. The molecule has 2 fully saturated rings. The van der Waals surface area contributed by atoms with Crippen LogP contribution in [0.5, 0.6) is 0 Å². The molecule has 25 heavy (non-hydrogen) atoms. The molecule has 0 aliphatic heterocycles. The minimum absolute atomic E-state index is 0.159. The van der Waals surface area contributed by atoms with E-state index in [1.165, 1.54) is 13.8 Å². The SMILES string of the molecule is CC(=O)OC1C=C[C@]2(CO)[C@H]3CC(C)(C)[C@]3(O)[C@@H](OC(C)=O)C[C@]12C. The van der Waals surface area contributed by atoms with Crippen LogP contribution in [0.3, 0.4) is 0 Å². The predicted octanol–water partition coefficient (Wildman–Crippen LogP) is 1.59. The average molecular weight is 352 g/mol. The molecular weight excluding hydrogens is 324 g/mol. The van der Waals surface area contributed by atoms with Gasteiger partial charge in [0.05, 0.1) is 6.61 Å². The van der Waals surface area contributed by atoms with E-state index in [0.717, 1.165) is 0 Å². The van der Waals surface area contributed by atoms with Crippen LogP contribution in [0.25, 0.3) is 0 Å². The van der Waals surface area contributed by atoms with Gasteiger partial charge in [0.2, 0.25) is 0 Å². The number of hydrogen-bond donors (Lipinski definition) is 2. The van der Waals surface area contributed by atoms with E-state index in [-0.39, 0.29) is 12.5 Å². The van der Waals surface area contributed by atoms with E-state index in [0.29, 0.717) is 12.8 Å². The number of rotatable bonds is 3. The lowest BCUT2D eigenvalue weighted by molar-refractivity contribution is -0.333. The van der Waals surface area contributed by atoms with Gasteiger partial charge in [0, 0.05) is 30.6 Å². The standard InChI is InChI=1S/C19H28O6/c1-11(21)24-14-6-7-18(10-20)13-8-16(3,4)19(13,23)15(25-12(2)22)9-17(14,18)5/h6-7,13-15,20,23H,8-10H2,1-5H3/t13-,14?,15+,17-,18+,19-/m1/s1. The summed E-state index contributed by atoms with van der Waals surface area (Å²) in [7, 11) is 0. The molecule has 3 aliphatic rings. The highest BCUT2D eigenvalue weighted by Crippen LogP contribution is 2.73. The van der Waals surface area contributed by atoms with Crippen LogP contribution in [0.15, 0.2) is 12.2 Å². The molecule has 6 nitrogen and oxygen atoms in total. The lowest BCUT2D eigenvalue weighted by Gasteiger charge is -2.71. The van der Waals surface area contributed by atoms with Crippen LogP contribution in [0.4, 0.5) is 0 Å². The van der Waals surface area contributed by atoms with Crippen LogP contribution in [0.1, 0.15) is 47.5 Å².